The van der Waals surface area contributed by atoms with Crippen molar-refractivity contribution in [3.05, 3.63) is 36.5 Å². The van der Waals surface area contributed by atoms with Gasteiger partial charge in [-0.05, 0) is 44.9 Å². The van der Waals surface area contributed by atoms with Crippen molar-refractivity contribution >= 4 is 13.8 Å². The molecule has 0 rings (SSSR count). The van der Waals surface area contributed by atoms with Crippen molar-refractivity contribution < 1.29 is 37.3 Å². The molecule has 0 saturated heterocycles. The zero-order valence-corrected chi connectivity index (χ0v) is 43.9. The number of phosphoric ester groups is 1. The second-order valence-corrected chi connectivity index (χ2v) is 21.0. The lowest BCUT2D eigenvalue weighted by molar-refractivity contribution is -0.870. The molecule has 0 aliphatic carbocycles. The molecule has 0 heterocycles. The highest BCUT2D eigenvalue weighted by atomic mass is 31.2. The molecule has 64 heavy (non-hydrogen) atoms. The Hall–Kier alpha value is -1.28. The summed E-state index contributed by atoms with van der Waals surface area (Å²) >= 11 is 0. The predicted molar refractivity (Wildman–Crippen MR) is 273 cm³/mol. The molecule has 0 N–H and O–H groups in total. The summed E-state index contributed by atoms with van der Waals surface area (Å²) in [5.41, 5.74) is 0. The van der Waals surface area contributed by atoms with Crippen molar-refractivity contribution in [3.8, 4) is 0 Å². The van der Waals surface area contributed by atoms with E-state index in [-0.39, 0.29) is 25.8 Å². The van der Waals surface area contributed by atoms with Gasteiger partial charge < -0.3 is 27.9 Å². The first kappa shape index (κ1) is 62.7. The number of nitrogens with zero attached hydrogens (tertiary/aromatic N) is 1. The van der Waals surface area contributed by atoms with Crippen molar-refractivity contribution in [2.24, 2.45) is 0 Å². The molecule has 2 unspecified atom stereocenters. The van der Waals surface area contributed by atoms with Crippen molar-refractivity contribution in [3.63, 3.8) is 0 Å². The fourth-order valence-corrected chi connectivity index (χ4v) is 8.53. The summed E-state index contributed by atoms with van der Waals surface area (Å²) < 4.78 is 34.8. The molecule has 0 amide bonds. The van der Waals surface area contributed by atoms with E-state index in [4.69, 9.17) is 18.5 Å². The fourth-order valence-electron chi connectivity index (χ4n) is 7.80. The molecule has 0 fully saturated rings. The lowest BCUT2D eigenvalue weighted by Gasteiger charge is -2.28. The van der Waals surface area contributed by atoms with Gasteiger partial charge in [0, 0.05) is 13.0 Å². The minimum Gasteiger partial charge on any atom is -0.756 e. The first-order valence-corrected chi connectivity index (χ1v) is 28.7. The number of carbonyl (C=O) groups is 1. The van der Waals surface area contributed by atoms with Gasteiger partial charge in [0.15, 0.2) is 0 Å². The van der Waals surface area contributed by atoms with Gasteiger partial charge in [0.25, 0.3) is 7.82 Å². The number of ether oxygens (including phenoxy) is 2. The Morgan fingerprint density at radius 1 is 0.500 bits per heavy atom. The molecule has 0 bridgehead atoms. The first-order valence-electron chi connectivity index (χ1n) is 27.2. The maximum Gasteiger partial charge on any atom is 0.306 e. The van der Waals surface area contributed by atoms with Crippen LogP contribution in [0.15, 0.2) is 36.5 Å². The van der Waals surface area contributed by atoms with E-state index in [2.05, 4.69) is 50.3 Å². The quantitative estimate of drug-likeness (QED) is 0.0197. The van der Waals surface area contributed by atoms with Crippen LogP contribution in [0.3, 0.4) is 0 Å². The van der Waals surface area contributed by atoms with Crippen LogP contribution in [0.5, 0.6) is 0 Å². The molecule has 0 radical (unpaired) electrons. The molecular weight excluding hydrogens is 818 g/mol. The molecule has 0 spiro atoms. The summed E-state index contributed by atoms with van der Waals surface area (Å²) in [4.78, 5) is 25.2. The van der Waals surface area contributed by atoms with Crippen LogP contribution in [0.1, 0.15) is 251 Å². The summed E-state index contributed by atoms with van der Waals surface area (Å²) in [6.45, 7) is 5.33. The summed E-state index contributed by atoms with van der Waals surface area (Å²) in [6.07, 6.45) is 58.9. The average Bonchev–Trinajstić information content (AvgIpc) is 3.25. The SMILES string of the molecule is CC/C=C\C/C=C\C/C=C\CCCCCCCCCCOCC(COP(=O)([O-])OCC[N+](C)(C)C)OC(=O)CCCCCCCCCCCCCCCCCCCCCCCCCC. The Labute approximate surface area is 397 Å². The molecule has 0 aromatic carbocycles. The third kappa shape index (κ3) is 51.7. The second kappa shape index (κ2) is 48.2. The van der Waals surface area contributed by atoms with Crippen molar-refractivity contribution in [2.75, 3.05) is 54.1 Å². The lowest BCUT2D eigenvalue weighted by Crippen LogP contribution is -2.37. The molecule has 378 valence electrons. The number of hydrogen-bond acceptors (Lipinski definition) is 7. The lowest BCUT2D eigenvalue weighted by atomic mass is 10.0. The van der Waals surface area contributed by atoms with E-state index in [1.54, 1.807) is 0 Å². The van der Waals surface area contributed by atoms with Crippen LogP contribution in [0.25, 0.3) is 0 Å². The average molecular weight is 924 g/mol. The molecule has 9 heteroatoms. The topological polar surface area (TPSA) is 94.1 Å². The maximum absolute atomic E-state index is 12.8. The number of hydrogen-bond donors (Lipinski definition) is 0. The Morgan fingerprint density at radius 2 is 0.906 bits per heavy atom. The van der Waals surface area contributed by atoms with Gasteiger partial charge in [-0.3, -0.25) is 9.36 Å². The van der Waals surface area contributed by atoms with Gasteiger partial charge in [-0.1, -0.05) is 237 Å². The Kier molecular flexibility index (Phi) is 47.2. The number of likely N-dealkylation sites (N-methyl/N-ethyl adjacent to an activating group) is 1. The summed E-state index contributed by atoms with van der Waals surface area (Å²) in [6, 6.07) is 0. The van der Waals surface area contributed by atoms with Crippen LogP contribution in [0.2, 0.25) is 0 Å². The largest absolute Gasteiger partial charge is 0.756 e. The van der Waals surface area contributed by atoms with Crippen LogP contribution in [0, 0.1) is 0 Å². The van der Waals surface area contributed by atoms with E-state index < -0.39 is 13.9 Å². The smallest absolute Gasteiger partial charge is 0.306 e. The zero-order chi connectivity index (χ0) is 46.9. The van der Waals surface area contributed by atoms with Gasteiger partial charge in [-0.25, -0.2) is 0 Å². The van der Waals surface area contributed by atoms with Crippen molar-refractivity contribution in [1.82, 2.24) is 0 Å². The van der Waals surface area contributed by atoms with Crippen LogP contribution in [0.4, 0.5) is 0 Å². The maximum atomic E-state index is 12.8. The van der Waals surface area contributed by atoms with Gasteiger partial charge in [0.05, 0.1) is 34.4 Å². The van der Waals surface area contributed by atoms with E-state index in [0.717, 1.165) is 57.8 Å². The fraction of sp³-hybridized carbons (Fsp3) is 0.873. The monoisotopic (exact) mass is 924 g/mol. The highest BCUT2D eigenvalue weighted by molar-refractivity contribution is 7.45. The summed E-state index contributed by atoms with van der Waals surface area (Å²) in [7, 11) is 1.36. The van der Waals surface area contributed by atoms with Crippen LogP contribution >= 0.6 is 7.82 Å². The highest BCUT2D eigenvalue weighted by Crippen LogP contribution is 2.38. The molecule has 0 aliphatic heterocycles. The summed E-state index contributed by atoms with van der Waals surface area (Å²) in [5.74, 6) is -0.332. The number of rotatable bonds is 51. The Morgan fingerprint density at radius 3 is 1.36 bits per heavy atom. The number of quaternary nitrogens is 1. The third-order valence-corrected chi connectivity index (χ3v) is 12.9. The van der Waals surface area contributed by atoms with Gasteiger partial charge in [-0.2, -0.15) is 0 Å². The Bertz CT molecular complexity index is 1120. The highest BCUT2D eigenvalue weighted by Gasteiger charge is 2.20. The number of phosphoric acid groups is 1. The van der Waals surface area contributed by atoms with Crippen LogP contribution in [-0.4, -0.2) is 70.7 Å². The normalized spacial score (nSPS) is 13.8. The minimum atomic E-state index is -4.53. The van der Waals surface area contributed by atoms with Gasteiger partial charge in [-0.15, -0.1) is 0 Å². The number of unbranched alkanes of at least 4 members (excludes halogenated alkanes) is 31. The summed E-state index contributed by atoms with van der Waals surface area (Å²) in [5, 5.41) is 0. The number of carbonyl (C=O) groups excluding carboxylic acids is 1. The number of allylic oxidation sites excluding steroid dienone is 6. The van der Waals surface area contributed by atoms with Gasteiger partial charge >= 0.3 is 5.97 Å². The minimum absolute atomic E-state index is 0.0257. The molecule has 0 aromatic heterocycles. The first-order chi connectivity index (χ1) is 31.1. The van der Waals surface area contributed by atoms with Crippen molar-refractivity contribution in [1.29, 1.82) is 0 Å². The van der Waals surface area contributed by atoms with Crippen LogP contribution < -0.4 is 4.89 Å². The number of esters is 1. The van der Waals surface area contributed by atoms with E-state index in [9.17, 15) is 14.3 Å². The molecular formula is C55H106NO7P. The molecule has 0 saturated carbocycles. The second-order valence-electron chi connectivity index (χ2n) is 19.6. The third-order valence-electron chi connectivity index (χ3n) is 12.0. The standard InChI is InChI=1S/C55H106NO7P/c1-6-8-10-12-14-16-18-20-22-24-26-27-28-29-30-31-32-34-36-38-40-42-44-46-48-55(57)63-54(53-62-64(58,59)61-51-49-56(3,4)5)52-60-50-47-45-43-41-39-37-35-33-25-23-21-19-17-15-13-11-9-7-2/h9,11,15,17,21,23,54H,6-8,10,12-14,16,18-20,22,24-53H2,1-5H3/b11-9-,17-15-,23-21-. The van der Waals surface area contributed by atoms with Gasteiger partial charge in [0.1, 0.15) is 19.3 Å². The molecule has 8 nitrogen and oxygen atoms in total. The zero-order valence-electron chi connectivity index (χ0n) is 43.0. The van der Waals surface area contributed by atoms with E-state index in [1.807, 2.05) is 21.1 Å². The van der Waals surface area contributed by atoms with E-state index in [1.165, 1.54) is 173 Å². The molecule has 2 atom stereocenters. The predicted octanol–water partition coefficient (Wildman–Crippen LogP) is 16.3. The Balaban J connectivity index is 4.06. The molecule has 0 aromatic rings. The van der Waals surface area contributed by atoms with Crippen LogP contribution in [-0.2, 0) is 27.9 Å². The van der Waals surface area contributed by atoms with E-state index in [0.29, 0.717) is 24.1 Å². The molecule has 0 aliphatic rings. The van der Waals surface area contributed by atoms with Crippen molar-refractivity contribution in [2.45, 2.75) is 258 Å². The van der Waals surface area contributed by atoms with Gasteiger partial charge in [0.2, 0.25) is 0 Å². The van der Waals surface area contributed by atoms with E-state index >= 15 is 0 Å².